The van der Waals surface area contributed by atoms with Crippen molar-refractivity contribution in [1.29, 1.82) is 0 Å². The molecule has 27 heavy (non-hydrogen) atoms. The van der Waals surface area contributed by atoms with E-state index in [4.69, 9.17) is 28.4 Å². The van der Waals surface area contributed by atoms with Gasteiger partial charge in [-0.05, 0) is 36.6 Å². The summed E-state index contributed by atoms with van der Waals surface area (Å²) in [7, 11) is 0. The van der Waals surface area contributed by atoms with E-state index in [1.165, 1.54) is 0 Å². The average molecular weight is 374 g/mol. The predicted molar refractivity (Wildman–Crippen MR) is 90.2 cm³/mol. The van der Waals surface area contributed by atoms with Gasteiger partial charge in [0.05, 0.1) is 31.8 Å². The molecule has 6 rings (SSSR count). The van der Waals surface area contributed by atoms with Crippen LogP contribution in [0.5, 0.6) is 11.5 Å². The molecule has 0 aromatic heterocycles. The zero-order chi connectivity index (χ0) is 18.2. The second-order valence-electron chi connectivity index (χ2n) is 7.93. The van der Waals surface area contributed by atoms with Gasteiger partial charge in [-0.1, -0.05) is 0 Å². The van der Waals surface area contributed by atoms with Gasteiger partial charge in [-0.3, -0.25) is 4.79 Å². The lowest BCUT2D eigenvalue weighted by Gasteiger charge is -2.46. The van der Waals surface area contributed by atoms with Gasteiger partial charge >= 0.3 is 5.97 Å². The standard InChI is InChI=1S/C20H22O7/c1-2-22-18(21)16-12-3-4-19(25-5-6-26-19)9-20(12)13-8-15-14(23-10-24-15)7-11(13)17(16)27-20/h7-8,12,16-17H,2-6,9-10H2,1H3/t12-,16-,17-,20-/m0/s1. The van der Waals surface area contributed by atoms with Crippen molar-refractivity contribution in [3.8, 4) is 11.5 Å². The summed E-state index contributed by atoms with van der Waals surface area (Å²) in [5, 5.41) is 0. The number of esters is 1. The Morgan fingerprint density at radius 2 is 2.00 bits per heavy atom. The van der Waals surface area contributed by atoms with E-state index >= 15 is 0 Å². The van der Waals surface area contributed by atoms with Crippen LogP contribution in [0.1, 0.15) is 43.4 Å². The Morgan fingerprint density at radius 1 is 1.22 bits per heavy atom. The Balaban J connectivity index is 1.49. The number of benzene rings is 1. The maximum Gasteiger partial charge on any atom is 0.312 e. The Kier molecular flexibility index (Phi) is 3.21. The van der Waals surface area contributed by atoms with Gasteiger partial charge in [-0.15, -0.1) is 0 Å². The molecule has 1 aliphatic carbocycles. The quantitative estimate of drug-likeness (QED) is 0.736. The lowest BCUT2D eigenvalue weighted by atomic mass is 9.61. The normalized spacial score (nSPS) is 36.7. The highest BCUT2D eigenvalue weighted by atomic mass is 16.7. The first-order valence-electron chi connectivity index (χ1n) is 9.72. The van der Waals surface area contributed by atoms with Gasteiger partial charge in [-0.25, -0.2) is 0 Å². The molecule has 3 fully saturated rings. The first-order chi connectivity index (χ1) is 13.2. The van der Waals surface area contributed by atoms with Crippen LogP contribution < -0.4 is 9.47 Å². The van der Waals surface area contributed by atoms with Crippen LogP contribution in [-0.2, 0) is 29.3 Å². The van der Waals surface area contributed by atoms with E-state index in [-0.39, 0.29) is 30.7 Å². The zero-order valence-electron chi connectivity index (χ0n) is 15.2. The molecule has 2 bridgehead atoms. The first-order valence-corrected chi connectivity index (χ1v) is 9.72. The third kappa shape index (κ3) is 1.99. The van der Waals surface area contributed by atoms with Crippen LogP contribution in [0.25, 0.3) is 0 Å². The molecule has 4 aliphatic heterocycles. The molecule has 1 saturated carbocycles. The SMILES string of the molecule is CCOC(=O)[C@@H]1[C@H]2O[C@]3(CC4(CC[C@@H]13)OCCO4)c1cc3c(cc12)OCO3. The highest BCUT2D eigenvalue weighted by molar-refractivity contribution is 5.76. The van der Waals surface area contributed by atoms with Crippen molar-refractivity contribution in [2.24, 2.45) is 11.8 Å². The monoisotopic (exact) mass is 374 g/mol. The summed E-state index contributed by atoms with van der Waals surface area (Å²) in [5.74, 6) is 0.382. The summed E-state index contributed by atoms with van der Waals surface area (Å²) in [4.78, 5) is 12.8. The molecule has 7 heteroatoms. The van der Waals surface area contributed by atoms with Crippen molar-refractivity contribution < 1.29 is 33.2 Å². The van der Waals surface area contributed by atoms with E-state index in [0.29, 0.717) is 32.0 Å². The molecular weight excluding hydrogens is 352 g/mol. The minimum atomic E-state index is -0.622. The van der Waals surface area contributed by atoms with Gasteiger partial charge in [0.1, 0.15) is 5.60 Å². The van der Waals surface area contributed by atoms with Crippen molar-refractivity contribution in [3.05, 3.63) is 23.3 Å². The van der Waals surface area contributed by atoms with Crippen molar-refractivity contribution >= 4 is 5.97 Å². The molecule has 0 N–H and O–H groups in total. The van der Waals surface area contributed by atoms with Crippen LogP contribution >= 0.6 is 0 Å². The number of carbonyl (C=O) groups is 1. The van der Waals surface area contributed by atoms with Crippen LogP contribution in [0.4, 0.5) is 0 Å². The average Bonchev–Trinajstić information content (AvgIpc) is 3.41. The smallest absolute Gasteiger partial charge is 0.312 e. The molecule has 5 aliphatic rings. The number of hydrogen-bond donors (Lipinski definition) is 0. The summed E-state index contributed by atoms with van der Waals surface area (Å²) in [6.45, 7) is 3.62. The Hall–Kier alpha value is -1.83. The molecule has 4 atom stereocenters. The Labute approximate surface area is 156 Å². The van der Waals surface area contributed by atoms with Gasteiger partial charge in [0.15, 0.2) is 17.3 Å². The van der Waals surface area contributed by atoms with Gasteiger partial charge < -0.3 is 28.4 Å². The topological polar surface area (TPSA) is 72.5 Å². The molecule has 7 nitrogen and oxygen atoms in total. The van der Waals surface area contributed by atoms with E-state index in [2.05, 4.69) is 0 Å². The highest BCUT2D eigenvalue weighted by Crippen LogP contribution is 2.68. The molecule has 1 aromatic carbocycles. The summed E-state index contributed by atoms with van der Waals surface area (Å²) >= 11 is 0. The fourth-order valence-electron chi connectivity index (χ4n) is 5.78. The van der Waals surface area contributed by atoms with Crippen molar-refractivity contribution in [2.75, 3.05) is 26.6 Å². The number of rotatable bonds is 2. The number of fused-ring (bicyclic) bond motifs is 4. The molecular formula is C20H22O7. The second-order valence-corrected chi connectivity index (χ2v) is 7.93. The second kappa shape index (κ2) is 5.37. The van der Waals surface area contributed by atoms with Gasteiger partial charge in [0.2, 0.25) is 6.79 Å². The Bertz CT molecular complexity index is 815. The fraction of sp³-hybridized carbons (Fsp3) is 0.650. The maximum atomic E-state index is 12.8. The molecule has 0 amide bonds. The lowest BCUT2D eigenvalue weighted by molar-refractivity contribution is -0.231. The first kappa shape index (κ1) is 16.2. The summed E-state index contributed by atoms with van der Waals surface area (Å²) in [6.07, 6.45) is 1.83. The molecule has 0 unspecified atom stereocenters. The van der Waals surface area contributed by atoms with E-state index in [1.54, 1.807) is 0 Å². The third-order valence-corrected chi connectivity index (χ3v) is 6.74. The molecule has 1 aromatic rings. The molecule has 2 spiro atoms. The summed E-state index contributed by atoms with van der Waals surface area (Å²) in [6, 6.07) is 4.00. The fourth-order valence-corrected chi connectivity index (χ4v) is 5.78. The zero-order valence-corrected chi connectivity index (χ0v) is 15.2. The van der Waals surface area contributed by atoms with Crippen molar-refractivity contribution in [1.82, 2.24) is 0 Å². The molecule has 0 radical (unpaired) electrons. The van der Waals surface area contributed by atoms with Crippen LogP contribution in [0, 0.1) is 11.8 Å². The lowest BCUT2D eigenvalue weighted by Crippen LogP contribution is -2.50. The molecule has 4 heterocycles. The molecule has 144 valence electrons. The van der Waals surface area contributed by atoms with Crippen LogP contribution in [-0.4, -0.2) is 38.4 Å². The van der Waals surface area contributed by atoms with Crippen LogP contribution in [0.2, 0.25) is 0 Å². The van der Waals surface area contributed by atoms with Crippen molar-refractivity contribution in [2.45, 2.75) is 43.7 Å². The van der Waals surface area contributed by atoms with E-state index in [0.717, 1.165) is 29.7 Å². The maximum absolute atomic E-state index is 12.8. The minimum absolute atomic E-state index is 0.0489. The van der Waals surface area contributed by atoms with Gasteiger partial charge in [-0.2, -0.15) is 0 Å². The van der Waals surface area contributed by atoms with E-state index in [9.17, 15) is 4.79 Å². The largest absolute Gasteiger partial charge is 0.466 e. The van der Waals surface area contributed by atoms with Gasteiger partial charge in [0, 0.05) is 18.8 Å². The van der Waals surface area contributed by atoms with E-state index < -0.39 is 11.4 Å². The van der Waals surface area contributed by atoms with Crippen LogP contribution in [0.3, 0.4) is 0 Å². The number of ether oxygens (including phenoxy) is 6. The van der Waals surface area contributed by atoms with Crippen LogP contribution in [0.15, 0.2) is 12.1 Å². The van der Waals surface area contributed by atoms with Gasteiger partial charge in [0.25, 0.3) is 0 Å². The minimum Gasteiger partial charge on any atom is -0.466 e. The predicted octanol–water partition coefficient (Wildman–Crippen LogP) is 2.42. The number of carbonyl (C=O) groups excluding carboxylic acids is 1. The van der Waals surface area contributed by atoms with Crippen molar-refractivity contribution in [3.63, 3.8) is 0 Å². The highest BCUT2D eigenvalue weighted by Gasteiger charge is 2.69. The number of hydrogen-bond acceptors (Lipinski definition) is 7. The molecule has 2 saturated heterocycles. The van der Waals surface area contributed by atoms with E-state index in [1.807, 2.05) is 19.1 Å². The summed E-state index contributed by atoms with van der Waals surface area (Å²) < 4.78 is 35.2. The third-order valence-electron chi connectivity index (χ3n) is 6.74. The Morgan fingerprint density at radius 3 is 2.78 bits per heavy atom. The summed E-state index contributed by atoms with van der Waals surface area (Å²) in [5.41, 5.74) is 1.48.